The number of benzene rings is 2. The minimum atomic E-state index is -0.434. The number of nitrogens with zero attached hydrogens (tertiary/aromatic N) is 1. The third-order valence-electron chi connectivity index (χ3n) is 3.71. The Labute approximate surface area is 142 Å². The van der Waals surface area contributed by atoms with Crippen LogP contribution in [0.1, 0.15) is 22.3 Å². The summed E-state index contributed by atoms with van der Waals surface area (Å²) in [6, 6.07) is 13.5. The summed E-state index contributed by atoms with van der Waals surface area (Å²) in [7, 11) is 0. The van der Waals surface area contributed by atoms with Gasteiger partial charge in [0.2, 0.25) is 0 Å². The van der Waals surface area contributed by atoms with Crippen molar-refractivity contribution in [2.24, 2.45) is 0 Å². The van der Waals surface area contributed by atoms with Gasteiger partial charge in [-0.15, -0.1) is 0 Å². The van der Waals surface area contributed by atoms with Crippen molar-refractivity contribution in [1.82, 2.24) is 0 Å². The number of aryl methyl sites for hydroxylation is 4. The topological polar surface area (TPSA) is 64.9 Å². The van der Waals surface area contributed by atoms with Crippen LogP contribution in [0, 0.1) is 39.0 Å². The van der Waals surface area contributed by atoms with Crippen molar-refractivity contribution in [2.75, 3.05) is 10.6 Å². The van der Waals surface area contributed by atoms with E-state index in [9.17, 15) is 10.1 Å². The first kappa shape index (κ1) is 17.3. The number of nitrogens with one attached hydrogen (secondary N) is 2. The zero-order valence-electron chi connectivity index (χ0n) is 14.4. The number of rotatable bonds is 4. The maximum Gasteiger partial charge on any atom is 0.267 e. The lowest BCUT2D eigenvalue weighted by Gasteiger charge is -2.11. The van der Waals surface area contributed by atoms with Crippen molar-refractivity contribution in [3.8, 4) is 6.07 Å². The zero-order valence-corrected chi connectivity index (χ0v) is 14.4. The Bertz CT molecular complexity index is 804. The summed E-state index contributed by atoms with van der Waals surface area (Å²) in [6.07, 6.45) is 1.45. The van der Waals surface area contributed by atoms with E-state index in [-0.39, 0.29) is 5.57 Å². The van der Waals surface area contributed by atoms with Crippen LogP contribution in [-0.4, -0.2) is 5.91 Å². The molecule has 0 heterocycles. The van der Waals surface area contributed by atoms with Crippen LogP contribution in [0.2, 0.25) is 0 Å². The number of carbonyl (C=O) groups excluding carboxylic acids is 1. The fourth-order valence-electron chi connectivity index (χ4n) is 2.54. The summed E-state index contributed by atoms with van der Waals surface area (Å²) < 4.78 is 0. The Kier molecular flexibility index (Phi) is 5.39. The highest BCUT2D eigenvalue weighted by atomic mass is 16.1. The molecule has 4 nitrogen and oxygen atoms in total. The number of hydrogen-bond acceptors (Lipinski definition) is 3. The van der Waals surface area contributed by atoms with E-state index in [1.807, 2.05) is 58.0 Å². The maximum absolute atomic E-state index is 12.2. The van der Waals surface area contributed by atoms with Gasteiger partial charge in [0.25, 0.3) is 5.91 Å². The third-order valence-corrected chi connectivity index (χ3v) is 3.71. The molecule has 24 heavy (non-hydrogen) atoms. The highest BCUT2D eigenvalue weighted by Gasteiger charge is 2.10. The fraction of sp³-hybridized carbons (Fsp3) is 0.200. The molecule has 2 rings (SSSR count). The van der Waals surface area contributed by atoms with E-state index >= 15 is 0 Å². The maximum atomic E-state index is 12.2. The molecule has 0 saturated carbocycles. The molecule has 0 aliphatic rings. The fourth-order valence-corrected chi connectivity index (χ4v) is 2.54. The lowest BCUT2D eigenvalue weighted by atomic mass is 10.1. The number of nitriles is 1. The number of amides is 1. The Morgan fingerprint density at radius 3 is 2.12 bits per heavy atom. The monoisotopic (exact) mass is 319 g/mol. The summed E-state index contributed by atoms with van der Waals surface area (Å²) in [5.74, 6) is -0.434. The normalized spacial score (nSPS) is 10.9. The molecule has 0 aliphatic carbocycles. The Morgan fingerprint density at radius 2 is 1.58 bits per heavy atom. The molecule has 0 unspecified atom stereocenters. The predicted octanol–water partition coefficient (Wildman–Crippen LogP) is 4.38. The lowest BCUT2D eigenvalue weighted by Crippen LogP contribution is -2.14. The molecule has 2 aromatic carbocycles. The third kappa shape index (κ3) is 4.23. The minimum absolute atomic E-state index is 0.0231. The van der Waals surface area contributed by atoms with Crippen molar-refractivity contribution in [1.29, 1.82) is 5.26 Å². The van der Waals surface area contributed by atoms with Crippen LogP contribution in [0.4, 0.5) is 11.4 Å². The quantitative estimate of drug-likeness (QED) is 0.649. The Balaban J connectivity index is 2.16. The molecule has 0 atom stereocenters. The molecular formula is C20H21N3O. The van der Waals surface area contributed by atoms with Crippen molar-refractivity contribution < 1.29 is 4.79 Å². The van der Waals surface area contributed by atoms with Gasteiger partial charge in [0.1, 0.15) is 11.6 Å². The van der Waals surface area contributed by atoms with Gasteiger partial charge in [0.15, 0.2) is 0 Å². The van der Waals surface area contributed by atoms with Crippen LogP contribution in [-0.2, 0) is 4.79 Å². The second kappa shape index (κ2) is 7.47. The number of hydrogen-bond donors (Lipinski definition) is 2. The van der Waals surface area contributed by atoms with Gasteiger partial charge in [-0.2, -0.15) is 5.26 Å². The highest BCUT2D eigenvalue weighted by Crippen LogP contribution is 2.22. The Morgan fingerprint density at radius 1 is 1.00 bits per heavy atom. The lowest BCUT2D eigenvalue weighted by molar-refractivity contribution is -0.112. The summed E-state index contributed by atoms with van der Waals surface area (Å²) in [5, 5.41) is 15.1. The van der Waals surface area contributed by atoms with Crippen LogP contribution in [0.3, 0.4) is 0 Å². The van der Waals surface area contributed by atoms with Gasteiger partial charge >= 0.3 is 0 Å². The molecule has 0 aromatic heterocycles. The van der Waals surface area contributed by atoms with E-state index < -0.39 is 5.91 Å². The van der Waals surface area contributed by atoms with E-state index in [0.717, 1.165) is 22.4 Å². The first-order chi connectivity index (χ1) is 11.4. The molecule has 0 spiro atoms. The standard InChI is InChI=1S/C20H21N3O/c1-13-5-7-18(8-6-13)23-20(24)17(11-21)12-22-19-15(3)9-14(2)10-16(19)4/h5-10,12,22H,1-4H3,(H,23,24)/b17-12-. The molecule has 122 valence electrons. The van der Waals surface area contributed by atoms with Crippen LogP contribution >= 0.6 is 0 Å². The van der Waals surface area contributed by atoms with Gasteiger partial charge in [0.05, 0.1) is 0 Å². The molecule has 0 saturated heterocycles. The average Bonchev–Trinajstić information content (AvgIpc) is 2.52. The molecule has 0 bridgehead atoms. The van der Waals surface area contributed by atoms with Gasteiger partial charge in [-0.05, 0) is 51.0 Å². The summed E-state index contributed by atoms with van der Waals surface area (Å²) in [6.45, 7) is 8.00. The SMILES string of the molecule is Cc1ccc(NC(=O)/C(C#N)=C\Nc2c(C)cc(C)cc2C)cc1. The van der Waals surface area contributed by atoms with Gasteiger partial charge in [-0.1, -0.05) is 35.4 Å². The van der Waals surface area contributed by atoms with Gasteiger partial charge in [-0.3, -0.25) is 4.79 Å². The molecule has 0 fully saturated rings. The average molecular weight is 319 g/mol. The van der Waals surface area contributed by atoms with E-state index in [1.54, 1.807) is 0 Å². The first-order valence-corrected chi connectivity index (χ1v) is 7.73. The summed E-state index contributed by atoms with van der Waals surface area (Å²) >= 11 is 0. The van der Waals surface area contributed by atoms with Crippen molar-refractivity contribution >= 4 is 17.3 Å². The summed E-state index contributed by atoms with van der Waals surface area (Å²) in [5.41, 5.74) is 6.02. The molecule has 2 aromatic rings. The van der Waals surface area contributed by atoms with E-state index in [4.69, 9.17) is 0 Å². The highest BCUT2D eigenvalue weighted by molar-refractivity contribution is 6.06. The van der Waals surface area contributed by atoms with Crippen molar-refractivity contribution in [3.05, 3.63) is 70.4 Å². The second-order valence-corrected chi connectivity index (χ2v) is 5.91. The molecule has 1 amide bonds. The van der Waals surface area contributed by atoms with Gasteiger partial charge in [-0.25, -0.2) is 0 Å². The molecule has 4 heteroatoms. The van der Waals surface area contributed by atoms with Crippen LogP contribution in [0.5, 0.6) is 0 Å². The van der Waals surface area contributed by atoms with Crippen LogP contribution in [0.25, 0.3) is 0 Å². The van der Waals surface area contributed by atoms with E-state index in [1.165, 1.54) is 11.8 Å². The number of carbonyl (C=O) groups is 1. The van der Waals surface area contributed by atoms with Crippen molar-refractivity contribution in [3.63, 3.8) is 0 Å². The van der Waals surface area contributed by atoms with E-state index in [2.05, 4.69) is 22.8 Å². The van der Waals surface area contributed by atoms with Crippen molar-refractivity contribution in [2.45, 2.75) is 27.7 Å². The Hall–Kier alpha value is -3.06. The second-order valence-electron chi connectivity index (χ2n) is 5.91. The molecular weight excluding hydrogens is 298 g/mol. The van der Waals surface area contributed by atoms with Crippen LogP contribution < -0.4 is 10.6 Å². The minimum Gasteiger partial charge on any atom is -0.360 e. The molecule has 2 N–H and O–H groups in total. The van der Waals surface area contributed by atoms with Gasteiger partial charge < -0.3 is 10.6 Å². The smallest absolute Gasteiger partial charge is 0.267 e. The van der Waals surface area contributed by atoms with Gasteiger partial charge in [0, 0.05) is 17.6 Å². The first-order valence-electron chi connectivity index (χ1n) is 7.73. The predicted molar refractivity (Wildman–Crippen MR) is 97.8 cm³/mol. The van der Waals surface area contributed by atoms with Crippen LogP contribution in [0.15, 0.2) is 48.2 Å². The molecule has 0 radical (unpaired) electrons. The van der Waals surface area contributed by atoms with E-state index in [0.29, 0.717) is 5.69 Å². The number of anilines is 2. The largest absolute Gasteiger partial charge is 0.360 e. The molecule has 0 aliphatic heterocycles. The zero-order chi connectivity index (χ0) is 17.7. The summed E-state index contributed by atoms with van der Waals surface area (Å²) in [4.78, 5) is 12.2.